The van der Waals surface area contributed by atoms with Gasteiger partial charge in [0, 0.05) is 15.5 Å². The summed E-state index contributed by atoms with van der Waals surface area (Å²) in [4.78, 5) is 34.0. The number of anilines is 1. The highest BCUT2D eigenvalue weighted by Gasteiger charge is 2.23. The minimum Gasteiger partial charge on any atom is -0.478 e. The molecule has 0 aliphatic heterocycles. The summed E-state index contributed by atoms with van der Waals surface area (Å²) in [5.74, 6) is -1.68. The van der Waals surface area contributed by atoms with Crippen molar-refractivity contribution in [2.75, 3.05) is 5.32 Å². The second-order valence-electron chi connectivity index (χ2n) is 5.10. The first kappa shape index (κ1) is 17.2. The standard InChI is InChI=1S/C13H16IN3O4/c1-13(2,6-10(15)18)17-12(21)16-9-4-3-7(14)5-8(9)11(19)20/h3-5H,6H2,1-2H3,(H2,15,18)(H,19,20)(H2,16,17,21). The normalized spacial score (nSPS) is 10.8. The van der Waals surface area contributed by atoms with Gasteiger partial charge < -0.3 is 21.5 Å². The van der Waals surface area contributed by atoms with Gasteiger partial charge >= 0.3 is 12.0 Å². The SMILES string of the molecule is CC(C)(CC(N)=O)NC(=O)Nc1ccc(I)cc1C(=O)O. The molecular formula is C13H16IN3O4. The Labute approximate surface area is 135 Å². The molecule has 0 aromatic heterocycles. The lowest BCUT2D eigenvalue weighted by atomic mass is 10.0. The summed E-state index contributed by atoms with van der Waals surface area (Å²) in [6.45, 7) is 3.28. The third-order valence-electron chi connectivity index (χ3n) is 2.53. The maximum atomic E-state index is 11.9. The van der Waals surface area contributed by atoms with Crippen LogP contribution in [0.25, 0.3) is 0 Å². The molecular weight excluding hydrogens is 389 g/mol. The first-order valence-electron chi connectivity index (χ1n) is 6.01. The third-order valence-corrected chi connectivity index (χ3v) is 3.20. The van der Waals surface area contributed by atoms with Crippen molar-refractivity contribution in [2.45, 2.75) is 25.8 Å². The molecule has 8 heteroatoms. The summed E-state index contributed by atoms with van der Waals surface area (Å²) in [5.41, 5.74) is 4.43. The highest BCUT2D eigenvalue weighted by molar-refractivity contribution is 14.1. The third kappa shape index (κ3) is 5.58. The molecule has 7 nitrogen and oxygen atoms in total. The Kier molecular flexibility index (Phi) is 5.53. The van der Waals surface area contributed by atoms with E-state index in [4.69, 9.17) is 10.8 Å². The van der Waals surface area contributed by atoms with Gasteiger partial charge in [-0.15, -0.1) is 0 Å². The van der Waals surface area contributed by atoms with Crippen LogP contribution in [-0.2, 0) is 4.79 Å². The van der Waals surface area contributed by atoms with Crippen LogP contribution in [0.1, 0.15) is 30.6 Å². The lowest BCUT2D eigenvalue weighted by Gasteiger charge is -2.25. The number of primary amides is 1. The Hall–Kier alpha value is -1.84. The Bertz CT molecular complexity index is 587. The maximum Gasteiger partial charge on any atom is 0.337 e. The summed E-state index contributed by atoms with van der Waals surface area (Å²) in [5, 5.41) is 14.2. The van der Waals surface area contributed by atoms with Gasteiger partial charge in [-0.25, -0.2) is 9.59 Å². The van der Waals surface area contributed by atoms with Crippen molar-refractivity contribution in [3.63, 3.8) is 0 Å². The number of rotatable bonds is 5. The lowest BCUT2D eigenvalue weighted by Crippen LogP contribution is -2.47. The predicted octanol–water partition coefficient (Wildman–Crippen LogP) is 1.76. The van der Waals surface area contributed by atoms with Crippen LogP contribution in [0.15, 0.2) is 18.2 Å². The first-order chi connectivity index (χ1) is 9.60. The molecule has 1 aromatic rings. The molecule has 0 saturated heterocycles. The van der Waals surface area contributed by atoms with Crippen molar-refractivity contribution in [1.29, 1.82) is 0 Å². The van der Waals surface area contributed by atoms with Crippen molar-refractivity contribution in [2.24, 2.45) is 5.73 Å². The second kappa shape index (κ2) is 6.74. The topological polar surface area (TPSA) is 122 Å². The van der Waals surface area contributed by atoms with E-state index in [1.54, 1.807) is 19.9 Å². The van der Waals surface area contributed by atoms with Crippen LogP contribution in [0.2, 0.25) is 0 Å². The van der Waals surface area contributed by atoms with Crippen LogP contribution in [0, 0.1) is 3.57 Å². The fourth-order valence-corrected chi connectivity index (χ4v) is 2.23. The number of amides is 3. The quantitative estimate of drug-likeness (QED) is 0.558. The van der Waals surface area contributed by atoms with Crippen LogP contribution < -0.4 is 16.4 Å². The van der Waals surface area contributed by atoms with Gasteiger partial charge in [0.15, 0.2) is 0 Å². The number of nitrogens with two attached hydrogens (primary N) is 1. The number of carbonyl (C=O) groups is 3. The fraction of sp³-hybridized carbons (Fsp3) is 0.308. The van der Waals surface area contributed by atoms with Gasteiger partial charge in [0.25, 0.3) is 0 Å². The Balaban J connectivity index is 2.84. The Morgan fingerprint density at radius 2 is 1.95 bits per heavy atom. The molecule has 0 spiro atoms. The van der Waals surface area contributed by atoms with E-state index in [1.165, 1.54) is 12.1 Å². The van der Waals surface area contributed by atoms with E-state index in [2.05, 4.69) is 10.6 Å². The number of carboxylic acid groups (broad SMARTS) is 1. The predicted molar refractivity (Wildman–Crippen MR) is 86.2 cm³/mol. The van der Waals surface area contributed by atoms with E-state index in [-0.39, 0.29) is 17.7 Å². The maximum absolute atomic E-state index is 11.9. The summed E-state index contributed by atoms with van der Waals surface area (Å²) < 4.78 is 0.741. The van der Waals surface area contributed by atoms with Crippen molar-refractivity contribution in [3.8, 4) is 0 Å². The molecule has 0 radical (unpaired) electrons. The minimum atomic E-state index is -1.14. The van der Waals surface area contributed by atoms with Gasteiger partial charge in [-0.1, -0.05) is 0 Å². The second-order valence-corrected chi connectivity index (χ2v) is 6.35. The number of carboxylic acids is 1. The molecule has 0 unspecified atom stereocenters. The highest BCUT2D eigenvalue weighted by atomic mass is 127. The van der Waals surface area contributed by atoms with Gasteiger partial charge in [0.1, 0.15) is 0 Å². The highest BCUT2D eigenvalue weighted by Crippen LogP contribution is 2.19. The zero-order valence-corrected chi connectivity index (χ0v) is 13.7. The van der Waals surface area contributed by atoms with E-state index < -0.39 is 23.4 Å². The molecule has 0 fully saturated rings. The molecule has 0 saturated carbocycles. The molecule has 1 aromatic carbocycles. The molecule has 114 valence electrons. The number of halogens is 1. The Morgan fingerprint density at radius 1 is 1.33 bits per heavy atom. The molecule has 0 aliphatic rings. The zero-order valence-electron chi connectivity index (χ0n) is 11.6. The summed E-state index contributed by atoms with van der Waals surface area (Å²) >= 11 is 1.98. The molecule has 3 amide bonds. The number of hydrogen-bond acceptors (Lipinski definition) is 3. The summed E-state index contributed by atoms with van der Waals surface area (Å²) in [6, 6.07) is 4.03. The van der Waals surface area contributed by atoms with E-state index >= 15 is 0 Å². The van der Waals surface area contributed by atoms with Crippen LogP contribution in [0.3, 0.4) is 0 Å². The van der Waals surface area contributed by atoms with Crippen molar-refractivity contribution in [3.05, 3.63) is 27.3 Å². The number of hydrogen-bond donors (Lipinski definition) is 4. The molecule has 0 heterocycles. The van der Waals surface area contributed by atoms with Gasteiger partial charge in [-0.2, -0.15) is 0 Å². The molecule has 21 heavy (non-hydrogen) atoms. The number of nitrogens with one attached hydrogen (secondary N) is 2. The van der Waals surface area contributed by atoms with E-state index in [0.29, 0.717) is 0 Å². The van der Waals surface area contributed by atoms with E-state index in [0.717, 1.165) is 3.57 Å². The van der Waals surface area contributed by atoms with Crippen molar-refractivity contribution < 1.29 is 19.5 Å². The van der Waals surface area contributed by atoms with E-state index in [1.807, 2.05) is 22.6 Å². The molecule has 0 aliphatic carbocycles. The smallest absolute Gasteiger partial charge is 0.337 e. The number of urea groups is 1. The van der Waals surface area contributed by atoms with Crippen molar-refractivity contribution in [1.82, 2.24) is 5.32 Å². The number of carbonyl (C=O) groups excluding carboxylic acids is 2. The largest absolute Gasteiger partial charge is 0.478 e. The van der Waals surface area contributed by atoms with Gasteiger partial charge in [-0.3, -0.25) is 4.79 Å². The summed E-state index contributed by atoms with van der Waals surface area (Å²) in [7, 11) is 0. The van der Waals surface area contributed by atoms with Crippen LogP contribution in [0.4, 0.5) is 10.5 Å². The lowest BCUT2D eigenvalue weighted by molar-refractivity contribution is -0.119. The zero-order chi connectivity index (χ0) is 16.2. The van der Waals surface area contributed by atoms with Crippen LogP contribution in [-0.4, -0.2) is 28.6 Å². The molecule has 0 atom stereocenters. The summed E-state index contributed by atoms with van der Waals surface area (Å²) in [6.07, 6.45) is -0.0289. The fourth-order valence-electron chi connectivity index (χ4n) is 1.74. The van der Waals surface area contributed by atoms with Gasteiger partial charge in [-0.05, 0) is 54.6 Å². The van der Waals surface area contributed by atoms with Gasteiger partial charge in [0.05, 0.1) is 11.3 Å². The minimum absolute atomic E-state index is 0.00948. The number of benzene rings is 1. The molecule has 1 rings (SSSR count). The molecule has 5 N–H and O–H groups in total. The number of aromatic carboxylic acids is 1. The van der Waals surface area contributed by atoms with Crippen molar-refractivity contribution >= 4 is 46.2 Å². The van der Waals surface area contributed by atoms with Crippen LogP contribution >= 0.6 is 22.6 Å². The Morgan fingerprint density at radius 3 is 2.48 bits per heavy atom. The van der Waals surface area contributed by atoms with E-state index in [9.17, 15) is 14.4 Å². The molecule has 0 bridgehead atoms. The average Bonchev–Trinajstić information content (AvgIpc) is 2.28. The van der Waals surface area contributed by atoms with Crippen LogP contribution in [0.5, 0.6) is 0 Å². The first-order valence-corrected chi connectivity index (χ1v) is 7.09. The van der Waals surface area contributed by atoms with Gasteiger partial charge in [0.2, 0.25) is 5.91 Å². The average molecular weight is 405 g/mol. The monoisotopic (exact) mass is 405 g/mol.